The molecule has 0 saturated heterocycles. The molecule has 1 aliphatic carbocycles. The summed E-state index contributed by atoms with van der Waals surface area (Å²) in [6.45, 7) is 1.29. The zero-order valence-electron chi connectivity index (χ0n) is 5.23. The standard InChI is InChI=1S/C6H12IN/c1-8(7)5-6-3-2-4-6/h6H,2-5H2,1H3. The zero-order valence-corrected chi connectivity index (χ0v) is 7.39. The van der Waals surface area contributed by atoms with Gasteiger partial charge in [-0.25, -0.2) is 0 Å². The van der Waals surface area contributed by atoms with E-state index in [2.05, 4.69) is 33.0 Å². The Morgan fingerprint density at radius 2 is 2.25 bits per heavy atom. The maximum Gasteiger partial charge on any atom is 0.0198 e. The maximum atomic E-state index is 2.35. The Kier molecular flexibility index (Phi) is 2.56. The third-order valence-electron chi connectivity index (χ3n) is 1.73. The highest BCUT2D eigenvalue weighted by Gasteiger charge is 2.17. The van der Waals surface area contributed by atoms with Crippen LogP contribution in [0.5, 0.6) is 0 Å². The Morgan fingerprint density at radius 3 is 2.38 bits per heavy atom. The van der Waals surface area contributed by atoms with Crippen molar-refractivity contribution in [2.45, 2.75) is 19.3 Å². The summed E-state index contributed by atoms with van der Waals surface area (Å²) in [6.07, 6.45) is 4.40. The normalized spacial score (nSPS) is 21.4. The zero-order chi connectivity index (χ0) is 5.98. The first kappa shape index (κ1) is 6.81. The highest BCUT2D eigenvalue weighted by Crippen LogP contribution is 2.27. The first-order valence-corrected chi connectivity index (χ1v) is 4.12. The molecule has 0 aromatic rings. The van der Waals surface area contributed by atoms with Crippen LogP contribution in [0.4, 0.5) is 0 Å². The van der Waals surface area contributed by atoms with E-state index in [-0.39, 0.29) is 0 Å². The van der Waals surface area contributed by atoms with E-state index in [1.165, 1.54) is 25.8 Å². The van der Waals surface area contributed by atoms with Gasteiger partial charge in [0.05, 0.1) is 0 Å². The van der Waals surface area contributed by atoms with Crippen LogP contribution in [0.3, 0.4) is 0 Å². The van der Waals surface area contributed by atoms with Crippen molar-refractivity contribution in [1.82, 2.24) is 3.11 Å². The van der Waals surface area contributed by atoms with Crippen molar-refractivity contribution >= 4 is 22.9 Å². The lowest BCUT2D eigenvalue weighted by Crippen LogP contribution is -2.22. The molecule has 0 unspecified atom stereocenters. The summed E-state index contributed by atoms with van der Waals surface area (Å²) in [4.78, 5) is 0. The molecular weight excluding hydrogens is 213 g/mol. The Balaban J connectivity index is 2.01. The summed E-state index contributed by atoms with van der Waals surface area (Å²) in [5.41, 5.74) is 0. The number of nitrogens with zero attached hydrogens (tertiary/aromatic N) is 1. The largest absolute Gasteiger partial charge is 0.250 e. The fourth-order valence-electron chi connectivity index (χ4n) is 1.03. The van der Waals surface area contributed by atoms with Gasteiger partial charge >= 0.3 is 0 Å². The second kappa shape index (κ2) is 3.01. The van der Waals surface area contributed by atoms with Crippen molar-refractivity contribution in [3.8, 4) is 0 Å². The molecule has 1 rings (SSSR count). The van der Waals surface area contributed by atoms with Crippen LogP contribution in [0, 0.1) is 5.92 Å². The summed E-state index contributed by atoms with van der Waals surface area (Å²) in [5.74, 6) is 1.02. The molecule has 0 heterocycles. The van der Waals surface area contributed by atoms with Gasteiger partial charge in [0.1, 0.15) is 0 Å². The van der Waals surface area contributed by atoms with Crippen LogP contribution < -0.4 is 0 Å². The van der Waals surface area contributed by atoms with Crippen molar-refractivity contribution < 1.29 is 0 Å². The molecule has 1 nitrogen and oxygen atoms in total. The molecule has 0 radical (unpaired) electrons. The van der Waals surface area contributed by atoms with E-state index in [4.69, 9.17) is 0 Å². The average Bonchev–Trinajstić information content (AvgIpc) is 1.55. The molecular formula is C6H12IN. The predicted molar refractivity (Wildman–Crippen MR) is 44.0 cm³/mol. The highest BCUT2D eigenvalue weighted by atomic mass is 127. The van der Waals surface area contributed by atoms with Crippen molar-refractivity contribution in [2.24, 2.45) is 5.92 Å². The molecule has 1 aliphatic rings. The lowest BCUT2D eigenvalue weighted by atomic mass is 9.86. The third kappa shape index (κ3) is 1.90. The molecule has 8 heavy (non-hydrogen) atoms. The van der Waals surface area contributed by atoms with Gasteiger partial charge in [0.2, 0.25) is 0 Å². The SMILES string of the molecule is CN(I)CC1CCC1. The molecule has 48 valence electrons. The van der Waals surface area contributed by atoms with E-state index in [1.54, 1.807) is 0 Å². The van der Waals surface area contributed by atoms with E-state index < -0.39 is 0 Å². The van der Waals surface area contributed by atoms with Crippen LogP contribution >= 0.6 is 22.9 Å². The lowest BCUT2D eigenvalue weighted by molar-refractivity contribution is 0.280. The van der Waals surface area contributed by atoms with E-state index in [0.717, 1.165) is 5.92 Å². The Bertz CT molecular complexity index is 68.9. The first-order chi connectivity index (χ1) is 3.79. The molecule has 1 saturated carbocycles. The van der Waals surface area contributed by atoms with Gasteiger partial charge in [0.25, 0.3) is 0 Å². The van der Waals surface area contributed by atoms with Crippen LogP contribution in [0.25, 0.3) is 0 Å². The highest BCUT2D eigenvalue weighted by molar-refractivity contribution is 14.1. The van der Waals surface area contributed by atoms with Gasteiger partial charge in [-0.15, -0.1) is 0 Å². The number of hydrogen-bond donors (Lipinski definition) is 0. The minimum absolute atomic E-state index is 1.02. The fourth-order valence-corrected chi connectivity index (χ4v) is 1.59. The van der Waals surface area contributed by atoms with Crippen molar-refractivity contribution in [3.05, 3.63) is 0 Å². The number of rotatable bonds is 2. The van der Waals surface area contributed by atoms with Crippen LogP contribution in [-0.2, 0) is 0 Å². The van der Waals surface area contributed by atoms with Gasteiger partial charge in [0.15, 0.2) is 0 Å². The van der Waals surface area contributed by atoms with Gasteiger partial charge in [-0.3, -0.25) is 3.11 Å². The quantitative estimate of drug-likeness (QED) is 0.513. The van der Waals surface area contributed by atoms with Gasteiger partial charge in [0, 0.05) is 29.4 Å². The lowest BCUT2D eigenvalue weighted by Gasteiger charge is -2.26. The van der Waals surface area contributed by atoms with Gasteiger partial charge in [-0.2, -0.15) is 0 Å². The van der Waals surface area contributed by atoms with E-state index in [9.17, 15) is 0 Å². The molecule has 2 heteroatoms. The minimum atomic E-state index is 1.02. The molecule has 0 amide bonds. The summed E-state index contributed by atoms with van der Waals surface area (Å²) in [6, 6.07) is 0. The molecule has 0 spiro atoms. The number of halogens is 1. The van der Waals surface area contributed by atoms with Crippen LogP contribution in [0.1, 0.15) is 19.3 Å². The molecule has 0 N–H and O–H groups in total. The molecule has 0 aromatic carbocycles. The van der Waals surface area contributed by atoms with E-state index in [1.807, 2.05) is 0 Å². The fraction of sp³-hybridized carbons (Fsp3) is 1.00. The van der Waals surface area contributed by atoms with Crippen molar-refractivity contribution in [1.29, 1.82) is 0 Å². The maximum absolute atomic E-state index is 2.35. The molecule has 0 aromatic heterocycles. The third-order valence-corrected chi connectivity index (χ3v) is 2.13. The first-order valence-electron chi connectivity index (χ1n) is 3.16. The molecule has 0 atom stereocenters. The van der Waals surface area contributed by atoms with Gasteiger partial charge < -0.3 is 0 Å². The monoisotopic (exact) mass is 225 g/mol. The Morgan fingerprint density at radius 1 is 1.62 bits per heavy atom. The molecule has 0 bridgehead atoms. The van der Waals surface area contributed by atoms with E-state index >= 15 is 0 Å². The number of hydrogen-bond acceptors (Lipinski definition) is 1. The second-order valence-electron chi connectivity index (χ2n) is 2.58. The average molecular weight is 225 g/mol. The summed E-state index contributed by atoms with van der Waals surface area (Å²) in [5, 5.41) is 0. The van der Waals surface area contributed by atoms with Gasteiger partial charge in [-0.1, -0.05) is 6.42 Å². The van der Waals surface area contributed by atoms with Crippen molar-refractivity contribution in [3.63, 3.8) is 0 Å². The van der Waals surface area contributed by atoms with Crippen LogP contribution in [0.2, 0.25) is 0 Å². The van der Waals surface area contributed by atoms with Gasteiger partial charge in [-0.05, 0) is 25.8 Å². The summed E-state index contributed by atoms with van der Waals surface area (Å²) < 4.78 is 2.25. The summed E-state index contributed by atoms with van der Waals surface area (Å²) >= 11 is 2.35. The smallest absolute Gasteiger partial charge is 0.0198 e. The Hall–Kier alpha value is 0.690. The summed E-state index contributed by atoms with van der Waals surface area (Å²) in [7, 11) is 2.14. The minimum Gasteiger partial charge on any atom is -0.250 e. The van der Waals surface area contributed by atoms with E-state index in [0.29, 0.717) is 0 Å². The topological polar surface area (TPSA) is 3.24 Å². The predicted octanol–water partition coefficient (Wildman–Crippen LogP) is 2.07. The van der Waals surface area contributed by atoms with Crippen molar-refractivity contribution in [2.75, 3.05) is 13.6 Å². The Labute approximate surface area is 64.9 Å². The van der Waals surface area contributed by atoms with Crippen LogP contribution in [-0.4, -0.2) is 16.7 Å². The molecule has 0 aliphatic heterocycles. The van der Waals surface area contributed by atoms with Crippen LogP contribution in [0.15, 0.2) is 0 Å². The second-order valence-corrected chi connectivity index (χ2v) is 4.23. The molecule has 1 fully saturated rings.